The molecule has 0 unspecified atom stereocenters. The molecule has 1 aromatic heterocycles. The Balaban J connectivity index is 2.64. The molecule has 7 heteroatoms. The number of nitrogens with zero attached hydrogens (tertiary/aromatic N) is 2. The Morgan fingerprint density at radius 3 is 2.47 bits per heavy atom. The summed E-state index contributed by atoms with van der Waals surface area (Å²) < 4.78 is 0. The van der Waals surface area contributed by atoms with E-state index in [-0.39, 0.29) is 22.4 Å². The van der Waals surface area contributed by atoms with Crippen molar-refractivity contribution in [3.05, 3.63) is 35.5 Å². The highest BCUT2D eigenvalue weighted by Crippen LogP contribution is 2.22. The van der Waals surface area contributed by atoms with Gasteiger partial charge in [-0.15, -0.1) is 0 Å². The topological polar surface area (TPSA) is 116 Å². The molecular weight excluding hydrogens is 226 g/mol. The summed E-state index contributed by atoms with van der Waals surface area (Å²) in [7, 11) is 0. The van der Waals surface area contributed by atoms with Crippen LogP contribution in [0.3, 0.4) is 0 Å². The Morgan fingerprint density at radius 1 is 1.18 bits per heavy atom. The van der Waals surface area contributed by atoms with E-state index in [0.717, 1.165) is 0 Å². The highest BCUT2D eigenvalue weighted by Gasteiger charge is 2.16. The van der Waals surface area contributed by atoms with Crippen LogP contribution in [-0.2, 0) is 0 Å². The Labute approximate surface area is 94.7 Å². The molecule has 7 nitrogen and oxygen atoms in total. The molecule has 0 fully saturated rings. The van der Waals surface area contributed by atoms with Crippen molar-refractivity contribution >= 4 is 11.9 Å². The van der Waals surface area contributed by atoms with Crippen LogP contribution in [0.1, 0.15) is 20.7 Å². The van der Waals surface area contributed by atoms with Crippen LogP contribution in [0.4, 0.5) is 0 Å². The molecule has 0 aliphatic carbocycles. The minimum atomic E-state index is -1.15. The zero-order valence-corrected chi connectivity index (χ0v) is 8.41. The van der Waals surface area contributed by atoms with E-state index in [4.69, 9.17) is 10.2 Å². The molecule has 2 rings (SSSR count). The summed E-state index contributed by atoms with van der Waals surface area (Å²) in [6.45, 7) is 0. The van der Waals surface area contributed by atoms with Crippen molar-refractivity contribution in [3.63, 3.8) is 0 Å². The molecule has 0 saturated heterocycles. The van der Waals surface area contributed by atoms with Gasteiger partial charge in [-0.3, -0.25) is 0 Å². The van der Waals surface area contributed by atoms with Gasteiger partial charge in [0.15, 0.2) is 0 Å². The SMILES string of the molecule is O=C(O)c1ccc(C(=O)O)c(-c2cn[nH]n2)c1. The largest absolute Gasteiger partial charge is 0.478 e. The van der Waals surface area contributed by atoms with Gasteiger partial charge in [0.05, 0.1) is 17.3 Å². The van der Waals surface area contributed by atoms with Crippen molar-refractivity contribution in [2.75, 3.05) is 0 Å². The first-order valence-corrected chi connectivity index (χ1v) is 4.56. The number of carbonyl (C=O) groups is 2. The van der Waals surface area contributed by atoms with Gasteiger partial charge in [-0.25, -0.2) is 9.59 Å². The first-order valence-electron chi connectivity index (χ1n) is 4.56. The predicted molar refractivity (Wildman–Crippen MR) is 55.7 cm³/mol. The molecular formula is C10H7N3O4. The van der Waals surface area contributed by atoms with Crippen LogP contribution >= 0.6 is 0 Å². The molecule has 1 aromatic carbocycles. The summed E-state index contributed by atoms with van der Waals surface area (Å²) in [5.74, 6) is -2.29. The fourth-order valence-corrected chi connectivity index (χ4v) is 1.41. The molecule has 0 aliphatic rings. The van der Waals surface area contributed by atoms with Crippen LogP contribution in [0, 0.1) is 0 Å². The molecule has 0 atom stereocenters. The number of aromatic amines is 1. The number of aromatic nitrogens is 3. The van der Waals surface area contributed by atoms with E-state index in [1.165, 1.54) is 24.4 Å². The van der Waals surface area contributed by atoms with Crippen LogP contribution in [-0.4, -0.2) is 37.6 Å². The third kappa shape index (κ3) is 1.98. The maximum absolute atomic E-state index is 11.0. The van der Waals surface area contributed by atoms with Crippen molar-refractivity contribution in [1.82, 2.24) is 15.4 Å². The molecule has 0 aliphatic heterocycles. The minimum Gasteiger partial charge on any atom is -0.478 e. The van der Waals surface area contributed by atoms with Crippen molar-refractivity contribution in [2.24, 2.45) is 0 Å². The van der Waals surface area contributed by atoms with E-state index in [1.54, 1.807) is 0 Å². The van der Waals surface area contributed by atoms with Gasteiger partial charge < -0.3 is 10.2 Å². The standard InChI is InChI=1S/C10H7N3O4/c14-9(15)5-1-2-6(10(16)17)7(3-5)8-4-11-13-12-8/h1-4H,(H,14,15)(H,16,17)(H,11,12,13). The Bertz CT molecular complexity index is 577. The van der Waals surface area contributed by atoms with E-state index in [9.17, 15) is 9.59 Å². The first kappa shape index (κ1) is 10.8. The van der Waals surface area contributed by atoms with Crippen LogP contribution in [0.2, 0.25) is 0 Å². The van der Waals surface area contributed by atoms with Gasteiger partial charge in [-0.05, 0) is 18.2 Å². The molecule has 17 heavy (non-hydrogen) atoms. The van der Waals surface area contributed by atoms with Crippen LogP contribution in [0.15, 0.2) is 24.4 Å². The lowest BCUT2D eigenvalue weighted by Crippen LogP contribution is -2.03. The van der Waals surface area contributed by atoms with Crippen LogP contribution < -0.4 is 0 Å². The first-order chi connectivity index (χ1) is 8.09. The van der Waals surface area contributed by atoms with Gasteiger partial charge in [0.1, 0.15) is 5.69 Å². The number of aromatic carboxylic acids is 2. The number of carboxylic acids is 2. The molecule has 0 amide bonds. The maximum atomic E-state index is 11.0. The quantitative estimate of drug-likeness (QED) is 0.724. The van der Waals surface area contributed by atoms with E-state index in [0.29, 0.717) is 0 Å². The van der Waals surface area contributed by atoms with Crippen LogP contribution in [0.5, 0.6) is 0 Å². The van der Waals surface area contributed by atoms with E-state index in [1.807, 2.05) is 0 Å². The minimum absolute atomic E-state index is 0.00648. The van der Waals surface area contributed by atoms with Crippen molar-refractivity contribution < 1.29 is 19.8 Å². The number of benzene rings is 1. The van der Waals surface area contributed by atoms with Crippen molar-refractivity contribution in [1.29, 1.82) is 0 Å². The molecule has 0 radical (unpaired) electrons. The van der Waals surface area contributed by atoms with Gasteiger partial charge >= 0.3 is 11.9 Å². The van der Waals surface area contributed by atoms with Crippen molar-refractivity contribution in [3.8, 4) is 11.3 Å². The number of carboxylic acid groups (broad SMARTS) is 2. The zero-order chi connectivity index (χ0) is 12.4. The van der Waals surface area contributed by atoms with Gasteiger partial charge in [0.25, 0.3) is 0 Å². The smallest absolute Gasteiger partial charge is 0.336 e. The lowest BCUT2D eigenvalue weighted by atomic mass is 10.0. The fraction of sp³-hybridized carbons (Fsp3) is 0. The Morgan fingerprint density at radius 2 is 1.94 bits per heavy atom. The van der Waals surface area contributed by atoms with E-state index in [2.05, 4.69) is 15.4 Å². The summed E-state index contributed by atoms with van der Waals surface area (Å²) in [6.07, 6.45) is 1.33. The number of hydrogen-bond acceptors (Lipinski definition) is 4. The highest BCUT2D eigenvalue weighted by atomic mass is 16.4. The van der Waals surface area contributed by atoms with Crippen molar-refractivity contribution in [2.45, 2.75) is 0 Å². The number of H-pyrrole nitrogens is 1. The van der Waals surface area contributed by atoms with E-state index < -0.39 is 11.9 Å². The third-order valence-corrected chi connectivity index (χ3v) is 2.19. The Kier molecular flexibility index (Phi) is 2.57. The summed E-state index contributed by atoms with van der Waals surface area (Å²) in [4.78, 5) is 21.8. The molecule has 0 bridgehead atoms. The number of rotatable bonds is 3. The molecule has 1 heterocycles. The normalized spacial score (nSPS) is 10.1. The lowest BCUT2D eigenvalue weighted by Gasteiger charge is -2.03. The van der Waals surface area contributed by atoms with Gasteiger partial charge in [-0.1, -0.05) is 0 Å². The average molecular weight is 233 g/mol. The van der Waals surface area contributed by atoms with Gasteiger partial charge in [0, 0.05) is 5.56 Å². The fourth-order valence-electron chi connectivity index (χ4n) is 1.41. The van der Waals surface area contributed by atoms with Gasteiger partial charge in [-0.2, -0.15) is 15.4 Å². The molecule has 0 spiro atoms. The Hall–Kier alpha value is -2.70. The summed E-state index contributed by atoms with van der Waals surface area (Å²) in [5, 5.41) is 27.5. The second-order valence-electron chi connectivity index (χ2n) is 3.23. The predicted octanol–water partition coefficient (Wildman–Crippen LogP) is 0.868. The molecule has 0 saturated carbocycles. The highest BCUT2D eigenvalue weighted by molar-refractivity contribution is 5.98. The monoisotopic (exact) mass is 233 g/mol. The lowest BCUT2D eigenvalue weighted by molar-refractivity contribution is 0.0682. The summed E-state index contributed by atoms with van der Waals surface area (Å²) in [5.41, 5.74) is 0.466. The molecule has 3 N–H and O–H groups in total. The van der Waals surface area contributed by atoms with Crippen LogP contribution in [0.25, 0.3) is 11.3 Å². The summed E-state index contributed by atoms with van der Waals surface area (Å²) in [6, 6.07) is 3.72. The molecule has 2 aromatic rings. The zero-order valence-electron chi connectivity index (χ0n) is 8.41. The third-order valence-electron chi connectivity index (χ3n) is 2.19. The second kappa shape index (κ2) is 4.05. The van der Waals surface area contributed by atoms with Gasteiger partial charge in [0.2, 0.25) is 0 Å². The summed E-state index contributed by atoms with van der Waals surface area (Å²) >= 11 is 0. The number of hydrogen-bond donors (Lipinski definition) is 3. The van der Waals surface area contributed by atoms with E-state index >= 15 is 0 Å². The maximum Gasteiger partial charge on any atom is 0.336 e. The molecule has 86 valence electrons. The number of nitrogens with one attached hydrogen (secondary N) is 1. The second-order valence-corrected chi connectivity index (χ2v) is 3.23. The average Bonchev–Trinajstić information content (AvgIpc) is 2.81.